The molecule has 106 valence electrons. The number of aromatic nitrogens is 2. The summed E-state index contributed by atoms with van der Waals surface area (Å²) in [5, 5.41) is 10.8. The maximum absolute atomic E-state index is 11.5. The first kappa shape index (κ1) is 14.1. The largest absolute Gasteiger partial charge is 0.353 e. The first-order valence-corrected chi connectivity index (χ1v) is 7.20. The fourth-order valence-corrected chi connectivity index (χ4v) is 2.15. The Hall–Kier alpha value is -1.36. The van der Waals surface area contributed by atoms with Crippen LogP contribution in [0.2, 0.25) is 0 Å². The molecule has 1 saturated carbocycles. The number of carbonyl (C=O) groups is 1. The summed E-state index contributed by atoms with van der Waals surface area (Å²) in [5.41, 5.74) is 2.41. The topological polar surface area (TPSA) is 59.0 Å². The van der Waals surface area contributed by atoms with Crippen LogP contribution in [0.5, 0.6) is 0 Å². The van der Waals surface area contributed by atoms with E-state index >= 15 is 0 Å². The molecule has 1 aliphatic carbocycles. The Morgan fingerprint density at radius 2 is 2.32 bits per heavy atom. The van der Waals surface area contributed by atoms with Gasteiger partial charge >= 0.3 is 0 Å². The Balaban J connectivity index is 1.59. The molecule has 0 aliphatic heterocycles. The highest BCUT2D eigenvalue weighted by Crippen LogP contribution is 2.18. The molecule has 1 aliphatic rings. The number of hydrogen-bond donors (Lipinski definition) is 2. The van der Waals surface area contributed by atoms with E-state index in [9.17, 15) is 4.79 Å². The minimum absolute atomic E-state index is 0.194. The molecular formula is C14H24N4O. The van der Waals surface area contributed by atoms with Gasteiger partial charge in [0.25, 0.3) is 0 Å². The van der Waals surface area contributed by atoms with Crippen molar-refractivity contribution in [1.82, 2.24) is 20.4 Å². The van der Waals surface area contributed by atoms with Gasteiger partial charge in [0.2, 0.25) is 5.91 Å². The number of rotatable bonds is 8. The number of hydrogen-bond acceptors (Lipinski definition) is 3. The highest BCUT2D eigenvalue weighted by molar-refractivity contribution is 5.76. The van der Waals surface area contributed by atoms with Gasteiger partial charge in [0.05, 0.1) is 5.69 Å². The first-order valence-electron chi connectivity index (χ1n) is 7.20. The molecule has 0 aromatic carbocycles. The van der Waals surface area contributed by atoms with Crippen molar-refractivity contribution in [2.45, 2.75) is 51.6 Å². The summed E-state index contributed by atoms with van der Waals surface area (Å²) in [6.07, 6.45) is 6.85. The maximum atomic E-state index is 11.5. The van der Waals surface area contributed by atoms with Crippen LogP contribution in [0.1, 0.15) is 43.9 Å². The van der Waals surface area contributed by atoms with E-state index < -0.39 is 0 Å². The third kappa shape index (κ3) is 4.67. The molecule has 5 heteroatoms. The lowest BCUT2D eigenvalue weighted by atomic mass is 10.2. The summed E-state index contributed by atoms with van der Waals surface area (Å²) in [7, 11) is 1.95. The van der Waals surface area contributed by atoms with Crippen LogP contribution in [-0.2, 0) is 24.8 Å². The fraction of sp³-hybridized carbons (Fsp3) is 0.714. The summed E-state index contributed by atoms with van der Waals surface area (Å²) in [4.78, 5) is 11.5. The average Bonchev–Trinajstić information content (AvgIpc) is 3.11. The lowest BCUT2D eigenvalue weighted by molar-refractivity contribution is -0.121. The third-order valence-electron chi connectivity index (χ3n) is 3.34. The van der Waals surface area contributed by atoms with Crippen LogP contribution in [0.3, 0.4) is 0 Å². The van der Waals surface area contributed by atoms with Gasteiger partial charge in [0.15, 0.2) is 0 Å². The summed E-state index contributed by atoms with van der Waals surface area (Å²) >= 11 is 0. The molecule has 1 amide bonds. The zero-order chi connectivity index (χ0) is 13.7. The van der Waals surface area contributed by atoms with Gasteiger partial charge in [-0.25, -0.2) is 0 Å². The molecular weight excluding hydrogens is 240 g/mol. The van der Waals surface area contributed by atoms with E-state index in [1.165, 1.54) is 5.56 Å². The Bertz CT molecular complexity index is 423. The molecule has 2 rings (SSSR count). The van der Waals surface area contributed by atoms with Crippen LogP contribution >= 0.6 is 0 Å². The molecule has 0 spiro atoms. The second-order valence-corrected chi connectivity index (χ2v) is 5.25. The van der Waals surface area contributed by atoms with Gasteiger partial charge in [0, 0.05) is 37.8 Å². The molecule has 2 N–H and O–H groups in total. The van der Waals surface area contributed by atoms with Gasteiger partial charge in [-0.3, -0.25) is 9.48 Å². The number of aryl methyl sites for hydroxylation is 2. The molecule has 0 bridgehead atoms. The van der Waals surface area contributed by atoms with E-state index in [0.717, 1.165) is 44.5 Å². The van der Waals surface area contributed by atoms with Crippen molar-refractivity contribution in [1.29, 1.82) is 0 Å². The smallest absolute Gasteiger partial charge is 0.220 e. The predicted octanol–water partition coefficient (Wildman–Crippen LogP) is 1.13. The average molecular weight is 264 g/mol. The van der Waals surface area contributed by atoms with Crippen LogP contribution in [0, 0.1) is 0 Å². The van der Waals surface area contributed by atoms with Crippen LogP contribution in [0.25, 0.3) is 0 Å². The van der Waals surface area contributed by atoms with Crippen molar-refractivity contribution in [2.75, 3.05) is 6.54 Å². The minimum atomic E-state index is 0.194. The summed E-state index contributed by atoms with van der Waals surface area (Å²) < 4.78 is 1.86. The SMILES string of the molecule is CCc1nn(C)cc1CNCCCC(=O)NC1CC1. The van der Waals surface area contributed by atoms with Crippen molar-refractivity contribution in [2.24, 2.45) is 7.05 Å². The van der Waals surface area contributed by atoms with Crippen molar-refractivity contribution in [3.8, 4) is 0 Å². The first-order chi connectivity index (χ1) is 9.19. The van der Waals surface area contributed by atoms with E-state index in [1.54, 1.807) is 0 Å². The predicted molar refractivity (Wildman–Crippen MR) is 74.7 cm³/mol. The van der Waals surface area contributed by atoms with Crippen molar-refractivity contribution >= 4 is 5.91 Å². The summed E-state index contributed by atoms with van der Waals surface area (Å²) in [6.45, 7) is 3.82. The molecule has 1 aromatic rings. The number of amides is 1. The van der Waals surface area contributed by atoms with Gasteiger partial charge in [-0.15, -0.1) is 0 Å². The Morgan fingerprint density at radius 3 is 3.00 bits per heavy atom. The van der Waals surface area contributed by atoms with Gasteiger partial charge in [-0.05, 0) is 32.2 Å². The lowest BCUT2D eigenvalue weighted by Crippen LogP contribution is -2.26. The van der Waals surface area contributed by atoms with Crippen LogP contribution in [-0.4, -0.2) is 28.3 Å². The molecule has 1 fully saturated rings. The number of nitrogens with zero attached hydrogens (tertiary/aromatic N) is 2. The fourth-order valence-electron chi connectivity index (χ4n) is 2.15. The van der Waals surface area contributed by atoms with Gasteiger partial charge < -0.3 is 10.6 Å². The Labute approximate surface area is 114 Å². The highest BCUT2D eigenvalue weighted by Gasteiger charge is 2.22. The lowest BCUT2D eigenvalue weighted by Gasteiger charge is -2.05. The van der Waals surface area contributed by atoms with Gasteiger partial charge in [-0.2, -0.15) is 5.10 Å². The quantitative estimate of drug-likeness (QED) is 0.692. The van der Waals surface area contributed by atoms with Gasteiger partial charge in [0.1, 0.15) is 0 Å². The zero-order valence-electron chi connectivity index (χ0n) is 11.9. The maximum Gasteiger partial charge on any atom is 0.220 e. The number of carbonyl (C=O) groups excluding carboxylic acids is 1. The van der Waals surface area contributed by atoms with Crippen molar-refractivity contribution < 1.29 is 4.79 Å². The molecule has 5 nitrogen and oxygen atoms in total. The van der Waals surface area contributed by atoms with E-state index in [2.05, 4.69) is 28.9 Å². The van der Waals surface area contributed by atoms with Gasteiger partial charge in [-0.1, -0.05) is 6.92 Å². The summed E-state index contributed by atoms with van der Waals surface area (Å²) in [6, 6.07) is 0.475. The number of nitrogens with one attached hydrogen (secondary N) is 2. The van der Waals surface area contributed by atoms with Crippen molar-refractivity contribution in [3.63, 3.8) is 0 Å². The molecule has 1 aromatic heterocycles. The third-order valence-corrected chi connectivity index (χ3v) is 3.34. The normalized spacial score (nSPS) is 14.6. The molecule has 0 saturated heterocycles. The summed E-state index contributed by atoms with van der Waals surface area (Å²) in [5.74, 6) is 0.194. The Morgan fingerprint density at radius 1 is 1.53 bits per heavy atom. The van der Waals surface area contributed by atoms with E-state index in [1.807, 2.05) is 11.7 Å². The second-order valence-electron chi connectivity index (χ2n) is 5.25. The van der Waals surface area contributed by atoms with Crippen LogP contribution in [0.15, 0.2) is 6.20 Å². The second kappa shape index (κ2) is 6.70. The van der Waals surface area contributed by atoms with E-state index in [0.29, 0.717) is 12.5 Å². The standard InChI is InChI=1S/C14H24N4O/c1-3-13-11(10-18(2)17-13)9-15-8-4-5-14(19)16-12-6-7-12/h10,12,15H,3-9H2,1-2H3,(H,16,19). The van der Waals surface area contributed by atoms with E-state index in [-0.39, 0.29) is 5.91 Å². The van der Waals surface area contributed by atoms with Crippen molar-refractivity contribution in [3.05, 3.63) is 17.5 Å². The monoisotopic (exact) mass is 264 g/mol. The molecule has 0 unspecified atom stereocenters. The highest BCUT2D eigenvalue weighted by atomic mass is 16.1. The Kier molecular flexibility index (Phi) is 4.96. The molecule has 19 heavy (non-hydrogen) atoms. The van der Waals surface area contributed by atoms with E-state index in [4.69, 9.17) is 0 Å². The van der Waals surface area contributed by atoms with Crippen LogP contribution < -0.4 is 10.6 Å². The minimum Gasteiger partial charge on any atom is -0.353 e. The molecule has 0 radical (unpaired) electrons. The zero-order valence-corrected chi connectivity index (χ0v) is 11.9. The molecule has 0 atom stereocenters. The molecule has 1 heterocycles. The van der Waals surface area contributed by atoms with Crippen LogP contribution in [0.4, 0.5) is 0 Å².